The molecule has 4 rings (SSSR count). The van der Waals surface area contributed by atoms with Crippen LogP contribution in [0.5, 0.6) is 0 Å². The number of nitrogens with one attached hydrogen (secondary N) is 2. The number of hydrogen-bond acceptors (Lipinski definition) is 6. The second-order valence-electron chi connectivity index (χ2n) is 9.71. The third-order valence-electron chi connectivity index (χ3n) is 6.22. The first kappa shape index (κ1) is 33.9. The van der Waals surface area contributed by atoms with Gasteiger partial charge in [-0.2, -0.15) is 0 Å². The minimum absolute atomic E-state index is 0.224. The Labute approximate surface area is 263 Å². The van der Waals surface area contributed by atoms with Crippen LogP contribution in [0, 0.1) is 0 Å². The summed E-state index contributed by atoms with van der Waals surface area (Å²) in [7, 11) is 0. The molecule has 230 valence electrons. The number of aliphatic carboxylic acids is 2. The third kappa shape index (κ3) is 9.70. The van der Waals surface area contributed by atoms with Gasteiger partial charge in [0, 0.05) is 41.1 Å². The average molecular weight is 629 g/mol. The van der Waals surface area contributed by atoms with E-state index >= 15 is 0 Å². The quantitative estimate of drug-likeness (QED) is 0.163. The summed E-state index contributed by atoms with van der Waals surface area (Å²) in [4.78, 5) is 70.0. The molecule has 11 heteroatoms. The van der Waals surface area contributed by atoms with E-state index in [9.17, 15) is 28.8 Å². The molecule has 0 unspecified atom stereocenters. The van der Waals surface area contributed by atoms with Gasteiger partial charge in [0.1, 0.15) is 0 Å². The maximum absolute atomic E-state index is 12.7. The number of amides is 2. The number of rotatable bonds is 10. The first-order chi connectivity index (χ1) is 21.4. The molecule has 45 heavy (non-hydrogen) atoms. The Kier molecular flexibility index (Phi) is 11.9. The topological polar surface area (TPSA) is 167 Å². The van der Waals surface area contributed by atoms with Gasteiger partial charge in [-0.15, -0.1) is 0 Å². The fourth-order valence-corrected chi connectivity index (χ4v) is 4.47. The molecule has 0 aliphatic carbocycles. The second-order valence-corrected chi connectivity index (χ2v) is 10.2. The summed E-state index contributed by atoms with van der Waals surface area (Å²) in [6.07, 6.45) is -0.567. The molecule has 0 atom stereocenters. The Bertz CT molecular complexity index is 1750. The lowest BCUT2D eigenvalue weighted by Gasteiger charge is -2.13. The van der Waals surface area contributed by atoms with Crippen LogP contribution in [0.2, 0.25) is 5.02 Å². The van der Waals surface area contributed by atoms with E-state index in [4.69, 9.17) is 21.8 Å². The molecule has 0 saturated heterocycles. The van der Waals surface area contributed by atoms with Crippen LogP contribution in [0.25, 0.3) is 0 Å². The average Bonchev–Trinajstić information content (AvgIpc) is 2.98. The van der Waals surface area contributed by atoms with E-state index in [0.717, 1.165) is 0 Å². The SMILES string of the molecule is CC(=O)Nc1c(CC(=O)O)cccc1C(=O)c1ccc(Cl)cc1.CC(=O)Nc1c(CC(=O)O)cccc1C(=O)c1ccccc1. The zero-order chi connectivity index (χ0) is 33.1. The molecule has 0 aliphatic rings. The highest BCUT2D eigenvalue weighted by Crippen LogP contribution is 2.26. The lowest BCUT2D eigenvalue weighted by molar-refractivity contribution is -0.137. The molecule has 0 heterocycles. The number of carbonyl (C=O) groups excluding carboxylic acids is 4. The minimum Gasteiger partial charge on any atom is -0.481 e. The van der Waals surface area contributed by atoms with Gasteiger partial charge in [0.25, 0.3) is 0 Å². The summed E-state index contributed by atoms with van der Waals surface area (Å²) in [6, 6.07) is 24.4. The molecule has 4 N–H and O–H groups in total. The van der Waals surface area contributed by atoms with Gasteiger partial charge >= 0.3 is 11.9 Å². The number of para-hydroxylation sites is 2. The van der Waals surface area contributed by atoms with Gasteiger partial charge in [-0.25, -0.2) is 0 Å². The van der Waals surface area contributed by atoms with Crippen molar-refractivity contribution in [2.45, 2.75) is 26.7 Å². The van der Waals surface area contributed by atoms with Crippen molar-refractivity contribution >= 4 is 58.3 Å². The molecule has 4 aromatic carbocycles. The van der Waals surface area contributed by atoms with Crippen LogP contribution < -0.4 is 10.6 Å². The van der Waals surface area contributed by atoms with Gasteiger partial charge in [-0.05, 0) is 47.5 Å². The highest BCUT2D eigenvalue weighted by Gasteiger charge is 2.20. The minimum atomic E-state index is -1.05. The Balaban J connectivity index is 0.000000246. The fraction of sp³-hybridized carbons (Fsp3) is 0.118. The number of carboxylic acid groups (broad SMARTS) is 2. The molecule has 0 aliphatic heterocycles. The standard InChI is InChI=1S/C17H14ClNO4.C17H15NO4/c1-10(20)19-16-12(9-15(21)22)3-2-4-14(16)17(23)11-5-7-13(18)8-6-11;1-11(19)18-16-13(10-15(20)21)8-5-9-14(16)17(22)12-6-3-2-4-7-12/h2-8H,9H2,1H3,(H,19,20)(H,21,22);2-9H,10H2,1H3,(H,18,19)(H,20,21). The monoisotopic (exact) mass is 628 g/mol. The fourth-order valence-electron chi connectivity index (χ4n) is 4.35. The number of anilines is 2. The first-order valence-corrected chi connectivity index (χ1v) is 13.9. The molecular weight excluding hydrogens is 600 g/mol. The predicted octanol–water partition coefficient (Wildman–Crippen LogP) is 5.66. The van der Waals surface area contributed by atoms with Crippen LogP contribution in [0.4, 0.5) is 11.4 Å². The molecule has 0 aromatic heterocycles. The number of carbonyl (C=O) groups is 6. The van der Waals surface area contributed by atoms with Crippen molar-refractivity contribution in [2.75, 3.05) is 10.6 Å². The Morgan fingerprint density at radius 2 is 0.956 bits per heavy atom. The highest BCUT2D eigenvalue weighted by molar-refractivity contribution is 6.30. The predicted molar refractivity (Wildman–Crippen MR) is 169 cm³/mol. The molecule has 0 saturated carbocycles. The third-order valence-corrected chi connectivity index (χ3v) is 6.47. The van der Waals surface area contributed by atoms with Crippen molar-refractivity contribution in [3.8, 4) is 0 Å². The molecule has 0 radical (unpaired) electrons. The molecule has 0 fully saturated rings. The van der Waals surface area contributed by atoms with Gasteiger partial charge in [0.2, 0.25) is 11.8 Å². The van der Waals surface area contributed by atoms with Gasteiger partial charge < -0.3 is 20.8 Å². The van der Waals surface area contributed by atoms with E-state index in [1.54, 1.807) is 91.0 Å². The van der Waals surface area contributed by atoms with Crippen molar-refractivity contribution in [2.24, 2.45) is 0 Å². The molecule has 10 nitrogen and oxygen atoms in total. The van der Waals surface area contributed by atoms with E-state index in [-0.39, 0.29) is 58.7 Å². The lowest BCUT2D eigenvalue weighted by atomic mass is 9.97. The van der Waals surface area contributed by atoms with Crippen molar-refractivity contribution in [3.05, 3.63) is 129 Å². The van der Waals surface area contributed by atoms with Gasteiger partial charge in [-0.3, -0.25) is 28.8 Å². The summed E-state index contributed by atoms with van der Waals surface area (Å²) in [5.41, 5.74) is 2.63. The summed E-state index contributed by atoms with van der Waals surface area (Å²) < 4.78 is 0. The molecule has 0 bridgehead atoms. The van der Waals surface area contributed by atoms with E-state index in [1.807, 2.05) is 0 Å². The van der Waals surface area contributed by atoms with Crippen molar-refractivity contribution < 1.29 is 39.0 Å². The molecule has 0 spiro atoms. The van der Waals surface area contributed by atoms with E-state index < -0.39 is 11.9 Å². The first-order valence-electron chi connectivity index (χ1n) is 13.5. The molecule has 2 amide bonds. The maximum Gasteiger partial charge on any atom is 0.307 e. The Morgan fingerprint density at radius 1 is 0.556 bits per heavy atom. The molecular formula is C34H29ClN2O8. The van der Waals surface area contributed by atoms with Crippen LogP contribution in [-0.2, 0) is 32.0 Å². The Morgan fingerprint density at radius 3 is 1.33 bits per heavy atom. The van der Waals surface area contributed by atoms with Crippen LogP contribution in [0.15, 0.2) is 91.0 Å². The van der Waals surface area contributed by atoms with Gasteiger partial charge in [0.05, 0.1) is 24.2 Å². The van der Waals surface area contributed by atoms with E-state index in [0.29, 0.717) is 27.3 Å². The van der Waals surface area contributed by atoms with Crippen molar-refractivity contribution in [1.82, 2.24) is 0 Å². The number of halogens is 1. The van der Waals surface area contributed by atoms with Crippen LogP contribution in [0.1, 0.15) is 56.8 Å². The highest BCUT2D eigenvalue weighted by atomic mass is 35.5. The zero-order valence-electron chi connectivity index (χ0n) is 24.3. The lowest BCUT2D eigenvalue weighted by Crippen LogP contribution is -2.15. The number of ketones is 2. The van der Waals surface area contributed by atoms with Crippen LogP contribution in [0.3, 0.4) is 0 Å². The zero-order valence-corrected chi connectivity index (χ0v) is 25.1. The second kappa shape index (κ2) is 15.7. The summed E-state index contributed by atoms with van der Waals surface area (Å²) in [6.45, 7) is 2.61. The number of benzene rings is 4. The molecule has 4 aromatic rings. The van der Waals surface area contributed by atoms with Gasteiger partial charge in [-0.1, -0.05) is 66.2 Å². The summed E-state index contributed by atoms with van der Waals surface area (Å²) >= 11 is 5.81. The summed E-state index contributed by atoms with van der Waals surface area (Å²) in [5.74, 6) is -3.41. The van der Waals surface area contributed by atoms with Crippen LogP contribution >= 0.6 is 11.6 Å². The van der Waals surface area contributed by atoms with Crippen molar-refractivity contribution in [1.29, 1.82) is 0 Å². The van der Waals surface area contributed by atoms with Crippen LogP contribution in [-0.4, -0.2) is 45.5 Å². The Hall–Kier alpha value is -5.61. The number of hydrogen-bond donors (Lipinski definition) is 4. The number of carboxylic acids is 2. The largest absolute Gasteiger partial charge is 0.481 e. The van der Waals surface area contributed by atoms with E-state index in [1.165, 1.54) is 13.8 Å². The smallest absolute Gasteiger partial charge is 0.307 e. The summed E-state index contributed by atoms with van der Waals surface area (Å²) in [5, 5.41) is 23.6. The van der Waals surface area contributed by atoms with Gasteiger partial charge in [0.15, 0.2) is 11.6 Å². The normalized spacial score (nSPS) is 10.1. The van der Waals surface area contributed by atoms with E-state index in [2.05, 4.69) is 10.6 Å². The van der Waals surface area contributed by atoms with Crippen molar-refractivity contribution in [3.63, 3.8) is 0 Å². The maximum atomic E-state index is 12.7.